The molecule has 0 aromatic heterocycles. The van der Waals surface area contributed by atoms with Crippen molar-refractivity contribution in [2.75, 3.05) is 6.61 Å². The summed E-state index contributed by atoms with van der Waals surface area (Å²) in [5, 5.41) is 0. The summed E-state index contributed by atoms with van der Waals surface area (Å²) in [4.78, 5) is 62.7. The molecule has 0 aromatic carbocycles. The first-order valence-electron chi connectivity index (χ1n) is 11.6. The van der Waals surface area contributed by atoms with Crippen LogP contribution < -0.4 is 0 Å². The number of allylic oxidation sites excluding steroid dienone is 1. The quantitative estimate of drug-likeness (QED) is 0.210. The fourth-order valence-corrected chi connectivity index (χ4v) is 5.86. The van der Waals surface area contributed by atoms with Crippen LogP contribution in [0.2, 0.25) is 0 Å². The van der Waals surface area contributed by atoms with Gasteiger partial charge in [-0.3, -0.25) is 28.9 Å². The van der Waals surface area contributed by atoms with Crippen molar-refractivity contribution < 1.29 is 47.7 Å². The van der Waals surface area contributed by atoms with Gasteiger partial charge >= 0.3 is 23.9 Å². The van der Waals surface area contributed by atoms with Gasteiger partial charge < -0.3 is 23.7 Å². The average Bonchev–Trinajstić information content (AvgIpc) is 3.08. The van der Waals surface area contributed by atoms with Gasteiger partial charge in [0, 0.05) is 27.7 Å². The van der Waals surface area contributed by atoms with Crippen molar-refractivity contribution in [1.82, 2.24) is 4.90 Å². The monoisotopic (exact) mass is 543 g/mol. The average molecular weight is 544 g/mol. The third-order valence-corrected chi connectivity index (χ3v) is 7.28. The van der Waals surface area contributed by atoms with Crippen molar-refractivity contribution in [2.45, 2.75) is 90.4 Å². The van der Waals surface area contributed by atoms with Crippen LogP contribution in [0.5, 0.6) is 0 Å². The second-order valence-corrected chi connectivity index (χ2v) is 10.3. The molecule has 36 heavy (non-hydrogen) atoms. The molecule has 5 atom stereocenters. The number of hydrogen-bond donors (Lipinski definition) is 0. The minimum atomic E-state index is -1.39. The fourth-order valence-electron chi connectivity index (χ4n) is 4.43. The Morgan fingerprint density at radius 3 is 2.00 bits per heavy atom. The van der Waals surface area contributed by atoms with E-state index in [0.29, 0.717) is 4.91 Å². The van der Waals surface area contributed by atoms with E-state index in [1.807, 2.05) is 0 Å². The maximum Gasteiger partial charge on any atom is 0.303 e. The Balaban J connectivity index is 2.05. The van der Waals surface area contributed by atoms with E-state index in [1.165, 1.54) is 11.8 Å². The number of thioether (sulfide) groups is 1. The first-order chi connectivity index (χ1) is 17.0. The first kappa shape index (κ1) is 28.1. The largest absolute Gasteiger partial charge is 0.463 e. The highest BCUT2D eigenvalue weighted by molar-refractivity contribution is 8.26. The number of carbonyl (C=O) groups is 5. The molecule has 198 valence electrons. The summed E-state index contributed by atoms with van der Waals surface area (Å²) < 4.78 is 27.6. The summed E-state index contributed by atoms with van der Waals surface area (Å²) in [5.41, 5.74) is 1.01. The normalized spacial score (nSPS) is 28.6. The molecule has 2 heterocycles. The van der Waals surface area contributed by atoms with Gasteiger partial charge in [-0.15, -0.1) is 0 Å². The molecule has 0 unspecified atom stereocenters. The topological polar surface area (TPSA) is 135 Å². The van der Waals surface area contributed by atoms with Crippen LogP contribution in [0, 0.1) is 0 Å². The van der Waals surface area contributed by atoms with Gasteiger partial charge in [0.1, 0.15) is 12.7 Å². The predicted octanol–water partition coefficient (Wildman–Crippen LogP) is 2.15. The molecule has 1 aliphatic carbocycles. The molecule has 2 aliphatic heterocycles. The smallest absolute Gasteiger partial charge is 0.303 e. The maximum atomic E-state index is 13.6. The Hall–Kier alpha value is -2.51. The van der Waals surface area contributed by atoms with E-state index in [0.717, 1.165) is 70.2 Å². The number of ether oxygens (including phenoxy) is 5. The molecule has 1 saturated carbocycles. The van der Waals surface area contributed by atoms with Crippen molar-refractivity contribution in [2.24, 2.45) is 0 Å². The summed E-state index contributed by atoms with van der Waals surface area (Å²) in [7, 11) is 0. The number of carbonyl (C=O) groups excluding carboxylic acids is 5. The van der Waals surface area contributed by atoms with Crippen LogP contribution in [0.4, 0.5) is 0 Å². The second-order valence-electron chi connectivity index (χ2n) is 8.63. The third-order valence-electron chi connectivity index (χ3n) is 5.80. The molecule has 0 aromatic rings. The van der Waals surface area contributed by atoms with Gasteiger partial charge in [-0.1, -0.05) is 36.0 Å². The van der Waals surface area contributed by atoms with E-state index in [1.54, 1.807) is 0 Å². The molecule has 13 heteroatoms. The number of hydrogen-bond acceptors (Lipinski definition) is 12. The Morgan fingerprint density at radius 2 is 1.44 bits per heavy atom. The van der Waals surface area contributed by atoms with Crippen LogP contribution >= 0.6 is 24.0 Å². The molecule has 11 nitrogen and oxygen atoms in total. The number of thiocarbonyl (C=S) groups is 1. The Labute approximate surface area is 218 Å². The minimum Gasteiger partial charge on any atom is -0.463 e. The summed E-state index contributed by atoms with van der Waals surface area (Å²) in [6.07, 6.45) is -1.97. The van der Waals surface area contributed by atoms with Crippen molar-refractivity contribution in [3.05, 3.63) is 10.5 Å². The number of esters is 4. The predicted molar refractivity (Wildman–Crippen MR) is 129 cm³/mol. The minimum absolute atomic E-state index is 0.175. The maximum absolute atomic E-state index is 13.6. The van der Waals surface area contributed by atoms with Gasteiger partial charge in [-0.05, 0) is 25.7 Å². The zero-order valence-electron chi connectivity index (χ0n) is 20.5. The van der Waals surface area contributed by atoms with Gasteiger partial charge in [-0.25, -0.2) is 0 Å². The van der Waals surface area contributed by atoms with Crippen LogP contribution in [-0.2, 0) is 47.7 Å². The van der Waals surface area contributed by atoms with E-state index in [2.05, 4.69) is 0 Å². The number of nitrogens with zero attached hydrogens (tertiary/aromatic N) is 1. The van der Waals surface area contributed by atoms with Crippen molar-refractivity contribution in [3.63, 3.8) is 0 Å². The fraction of sp³-hybridized carbons (Fsp3) is 0.652. The molecule has 0 radical (unpaired) electrons. The van der Waals surface area contributed by atoms with Gasteiger partial charge in [0.25, 0.3) is 5.91 Å². The summed E-state index contributed by atoms with van der Waals surface area (Å²) >= 11 is 6.65. The first-order valence-corrected chi connectivity index (χ1v) is 12.8. The highest BCUT2D eigenvalue weighted by atomic mass is 32.2. The molecule has 3 rings (SSSR count). The van der Waals surface area contributed by atoms with E-state index < -0.39 is 60.4 Å². The standard InChI is InChI=1S/C23H29NO10S2/c1-11(25)30-10-16-17(31-12(2)26)18(32-13(3)27)19(33-14(4)28)22(34-16)24-21(29)20(36-23(24)35)15-8-6-5-7-9-15/h16-19,22H,5-10H2,1-4H3/t16-,17-,18+,19-,22-/m1/s1. The van der Waals surface area contributed by atoms with Crippen LogP contribution in [0.15, 0.2) is 10.5 Å². The lowest BCUT2D eigenvalue weighted by Gasteiger charge is -2.46. The third kappa shape index (κ3) is 6.62. The zero-order chi connectivity index (χ0) is 26.6. The SMILES string of the molecule is CC(=O)OC[C@H]1O[C@@H](N2C(=O)C(=C3CCCCC3)SC2=S)[C@H](OC(C)=O)[C@@H](OC(C)=O)[C@@H]1OC(C)=O. The van der Waals surface area contributed by atoms with Crippen molar-refractivity contribution >= 4 is 58.1 Å². The van der Waals surface area contributed by atoms with E-state index in [9.17, 15) is 24.0 Å². The molecule has 0 bridgehead atoms. The summed E-state index contributed by atoms with van der Waals surface area (Å²) in [6, 6.07) is 0. The van der Waals surface area contributed by atoms with Crippen molar-refractivity contribution in [1.29, 1.82) is 0 Å². The molecule has 2 saturated heterocycles. The molecule has 0 N–H and O–H groups in total. The van der Waals surface area contributed by atoms with E-state index in [4.69, 9.17) is 35.9 Å². The van der Waals surface area contributed by atoms with Gasteiger partial charge in [0.15, 0.2) is 28.9 Å². The lowest BCUT2D eigenvalue weighted by atomic mass is 9.94. The lowest BCUT2D eigenvalue weighted by molar-refractivity contribution is -0.268. The molecule has 1 amide bonds. The van der Waals surface area contributed by atoms with Gasteiger partial charge in [0.2, 0.25) is 0 Å². The van der Waals surface area contributed by atoms with Crippen LogP contribution in [0.3, 0.4) is 0 Å². The Morgan fingerprint density at radius 1 is 0.889 bits per heavy atom. The van der Waals surface area contributed by atoms with Gasteiger partial charge in [0.05, 0.1) is 4.91 Å². The molecule has 3 aliphatic rings. The second kappa shape index (κ2) is 12.2. The molecular weight excluding hydrogens is 514 g/mol. The number of rotatable bonds is 6. The number of amides is 1. The van der Waals surface area contributed by atoms with E-state index in [-0.39, 0.29) is 10.9 Å². The molecular formula is C23H29NO10S2. The van der Waals surface area contributed by atoms with Crippen LogP contribution in [0.1, 0.15) is 59.8 Å². The highest BCUT2D eigenvalue weighted by Crippen LogP contribution is 2.42. The van der Waals surface area contributed by atoms with Crippen LogP contribution in [-0.4, -0.2) is 76.3 Å². The summed E-state index contributed by atoms with van der Waals surface area (Å²) in [5.74, 6) is -3.28. The molecule has 0 spiro atoms. The van der Waals surface area contributed by atoms with Gasteiger partial charge in [-0.2, -0.15) is 0 Å². The Kier molecular flexibility index (Phi) is 9.47. The summed E-state index contributed by atoms with van der Waals surface area (Å²) in [6.45, 7) is 4.21. The lowest BCUT2D eigenvalue weighted by Crippen LogP contribution is -2.66. The molecule has 3 fully saturated rings. The highest BCUT2D eigenvalue weighted by Gasteiger charge is 2.56. The zero-order valence-corrected chi connectivity index (χ0v) is 22.1. The van der Waals surface area contributed by atoms with E-state index >= 15 is 0 Å². The van der Waals surface area contributed by atoms with Crippen molar-refractivity contribution in [3.8, 4) is 0 Å². The van der Waals surface area contributed by atoms with Crippen LogP contribution in [0.25, 0.3) is 0 Å². The Bertz CT molecular complexity index is 972.